The van der Waals surface area contributed by atoms with Crippen LogP contribution in [0.2, 0.25) is 0 Å². The molecule has 1 aliphatic rings. The monoisotopic (exact) mass is 273 g/mol. The molecule has 0 bridgehead atoms. The standard InChI is InChI=1S/C20H19N/c1-4-19(20(5-2)21-3)18-12-8-11-17(15-18)14-13-16-9-6-7-10-16/h2,4,6-9,11-15,21H,1,10H2,3H3/b14-13+,20-19+. The van der Waals surface area contributed by atoms with Crippen LogP contribution in [0, 0.1) is 12.3 Å². The molecule has 0 atom stereocenters. The van der Waals surface area contributed by atoms with Crippen LogP contribution in [0.1, 0.15) is 17.5 Å². The number of hydrogen-bond acceptors (Lipinski definition) is 1. The first-order valence-corrected chi connectivity index (χ1v) is 6.93. The zero-order valence-electron chi connectivity index (χ0n) is 12.3. The van der Waals surface area contributed by atoms with E-state index in [4.69, 9.17) is 6.42 Å². The lowest BCUT2D eigenvalue weighted by Crippen LogP contribution is -2.06. The fourth-order valence-electron chi connectivity index (χ4n) is 2.25. The molecule has 0 saturated heterocycles. The highest BCUT2D eigenvalue weighted by molar-refractivity contribution is 5.79. The maximum atomic E-state index is 5.53. The van der Waals surface area contributed by atoms with Crippen molar-refractivity contribution in [3.8, 4) is 12.3 Å². The number of benzene rings is 1. The largest absolute Gasteiger partial charge is 0.381 e. The van der Waals surface area contributed by atoms with E-state index in [2.05, 4.69) is 60.3 Å². The van der Waals surface area contributed by atoms with E-state index in [9.17, 15) is 0 Å². The van der Waals surface area contributed by atoms with E-state index >= 15 is 0 Å². The highest BCUT2D eigenvalue weighted by Crippen LogP contribution is 2.21. The molecule has 0 aromatic heterocycles. The molecule has 0 amide bonds. The van der Waals surface area contributed by atoms with Crippen LogP contribution in [0.15, 0.2) is 72.5 Å². The molecule has 1 aliphatic carbocycles. The minimum Gasteiger partial charge on any atom is -0.381 e. The maximum Gasteiger partial charge on any atom is 0.0927 e. The summed E-state index contributed by atoms with van der Waals surface area (Å²) in [7, 11) is 1.82. The number of allylic oxidation sites excluding steroid dienone is 8. The highest BCUT2D eigenvalue weighted by atomic mass is 14.8. The van der Waals surface area contributed by atoms with E-state index in [-0.39, 0.29) is 0 Å². The first-order chi connectivity index (χ1) is 10.3. The Kier molecular flexibility index (Phi) is 5.01. The third-order valence-corrected chi connectivity index (χ3v) is 3.36. The third kappa shape index (κ3) is 3.64. The third-order valence-electron chi connectivity index (χ3n) is 3.36. The predicted octanol–water partition coefficient (Wildman–Crippen LogP) is 4.34. The van der Waals surface area contributed by atoms with Gasteiger partial charge in [0.2, 0.25) is 0 Å². The summed E-state index contributed by atoms with van der Waals surface area (Å²) in [6.45, 7) is 3.86. The molecular weight excluding hydrogens is 254 g/mol. The lowest BCUT2D eigenvalue weighted by molar-refractivity contribution is 1.05. The number of hydrogen-bond donors (Lipinski definition) is 1. The van der Waals surface area contributed by atoms with Gasteiger partial charge < -0.3 is 5.32 Å². The molecule has 0 spiro atoms. The Bertz CT molecular complexity index is 691. The van der Waals surface area contributed by atoms with Crippen molar-refractivity contribution < 1.29 is 0 Å². The molecule has 1 aromatic rings. The van der Waals surface area contributed by atoms with Crippen molar-refractivity contribution in [2.24, 2.45) is 0 Å². The summed E-state index contributed by atoms with van der Waals surface area (Å²) in [6, 6.07) is 8.27. The van der Waals surface area contributed by atoms with Crippen LogP contribution in [0.4, 0.5) is 0 Å². The van der Waals surface area contributed by atoms with Gasteiger partial charge >= 0.3 is 0 Å². The van der Waals surface area contributed by atoms with Gasteiger partial charge in [0.25, 0.3) is 0 Å². The second-order valence-corrected chi connectivity index (χ2v) is 4.72. The molecule has 0 radical (unpaired) electrons. The SMILES string of the molecule is C#C/C(NC)=C(/C=C)c1cccc(/C=C/C2=CC=CC2)c1. The van der Waals surface area contributed by atoms with Crippen LogP contribution in [0.25, 0.3) is 11.6 Å². The molecule has 1 heteroatoms. The summed E-state index contributed by atoms with van der Waals surface area (Å²) in [4.78, 5) is 0. The Hall–Kier alpha value is -2.72. The van der Waals surface area contributed by atoms with Crippen LogP contribution in [0.3, 0.4) is 0 Å². The van der Waals surface area contributed by atoms with Gasteiger partial charge in [0.1, 0.15) is 0 Å². The molecule has 1 aromatic carbocycles. The molecule has 0 fully saturated rings. The smallest absolute Gasteiger partial charge is 0.0927 e. The Morgan fingerprint density at radius 1 is 1.38 bits per heavy atom. The quantitative estimate of drug-likeness (QED) is 0.621. The molecule has 0 unspecified atom stereocenters. The average Bonchev–Trinajstić information content (AvgIpc) is 3.04. The number of terminal acetylenes is 1. The van der Waals surface area contributed by atoms with Crippen molar-refractivity contribution in [3.63, 3.8) is 0 Å². The van der Waals surface area contributed by atoms with Gasteiger partial charge in [-0.3, -0.25) is 0 Å². The van der Waals surface area contributed by atoms with Crippen LogP contribution < -0.4 is 5.32 Å². The maximum absolute atomic E-state index is 5.53. The molecule has 0 heterocycles. The van der Waals surface area contributed by atoms with Gasteiger partial charge in [-0.05, 0) is 29.2 Å². The fourth-order valence-corrected chi connectivity index (χ4v) is 2.25. The van der Waals surface area contributed by atoms with Crippen molar-refractivity contribution >= 4 is 11.6 Å². The van der Waals surface area contributed by atoms with Gasteiger partial charge in [-0.25, -0.2) is 0 Å². The fraction of sp³-hybridized carbons (Fsp3) is 0.100. The van der Waals surface area contributed by atoms with Gasteiger partial charge in [-0.15, -0.1) is 6.42 Å². The highest BCUT2D eigenvalue weighted by Gasteiger charge is 2.04. The van der Waals surface area contributed by atoms with E-state index in [1.54, 1.807) is 6.08 Å². The Morgan fingerprint density at radius 3 is 2.86 bits per heavy atom. The Morgan fingerprint density at radius 2 is 2.24 bits per heavy atom. The second kappa shape index (κ2) is 7.17. The second-order valence-electron chi connectivity index (χ2n) is 4.72. The van der Waals surface area contributed by atoms with Crippen molar-refractivity contribution in [3.05, 3.63) is 83.6 Å². The minimum absolute atomic E-state index is 0.744. The molecular formula is C20H19N. The van der Waals surface area contributed by atoms with Crippen molar-refractivity contribution in [2.45, 2.75) is 6.42 Å². The molecule has 0 aliphatic heterocycles. The predicted molar refractivity (Wildman–Crippen MR) is 92.3 cm³/mol. The molecule has 1 N–H and O–H groups in total. The van der Waals surface area contributed by atoms with E-state index in [1.165, 1.54) is 5.57 Å². The van der Waals surface area contributed by atoms with Crippen LogP contribution in [-0.4, -0.2) is 7.05 Å². The van der Waals surface area contributed by atoms with Gasteiger partial charge in [0.15, 0.2) is 0 Å². The van der Waals surface area contributed by atoms with Gasteiger partial charge in [-0.2, -0.15) is 0 Å². The first-order valence-electron chi connectivity index (χ1n) is 6.93. The summed E-state index contributed by atoms with van der Waals surface area (Å²) in [5.41, 5.74) is 5.21. The van der Waals surface area contributed by atoms with E-state index in [0.717, 1.165) is 28.8 Å². The first kappa shape index (κ1) is 14.7. The zero-order chi connectivity index (χ0) is 15.1. The summed E-state index contributed by atoms with van der Waals surface area (Å²) in [5, 5.41) is 3.03. The van der Waals surface area contributed by atoms with Crippen molar-refractivity contribution in [2.75, 3.05) is 7.05 Å². The van der Waals surface area contributed by atoms with E-state index < -0.39 is 0 Å². The lowest BCUT2D eigenvalue weighted by atomic mass is 10.0. The number of rotatable bonds is 5. The average molecular weight is 273 g/mol. The summed E-state index contributed by atoms with van der Waals surface area (Å²) >= 11 is 0. The van der Waals surface area contributed by atoms with Crippen molar-refractivity contribution in [1.29, 1.82) is 0 Å². The van der Waals surface area contributed by atoms with Gasteiger partial charge in [0, 0.05) is 12.6 Å². The summed E-state index contributed by atoms with van der Waals surface area (Å²) in [5.74, 6) is 2.66. The summed E-state index contributed by atoms with van der Waals surface area (Å²) in [6.07, 6.45) is 19.0. The van der Waals surface area contributed by atoms with Crippen LogP contribution >= 0.6 is 0 Å². The molecule has 1 nitrogen and oxygen atoms in total. The molecule has 104 valence electrons. The topological polar surface area (TPSA) is 12.0 Å². The Labute approximate surface area is 127 Å². The normalized spacial score (nSPS) is 14.6. The zero-order valence-corrected chi connectivity index (χ0v) is 12.3. The van der Waals surface area contributed by atoms with Gasteiger partial charge in [-0.1, -0.05) is 67.2 Å². The van der Waals surface area contributed by atoms with E-state index in [0.29, 0.717) is 0 Å². The molecule has 2 rings (SSSR count). The Balaban J connectivity index is 2.31. The van der Waals surface area contributed by atoms with Crippen LogP contribution in [0.5, 0.6) is 0 Å². The molecule has 0 saturated carbocycles. The van der Waals surface area contributed by atoms with E-state index in [1.807, 2.05) is 19.2 Å². The number of nitrogens with one attached hydrogen (secondary N) is 1. The van der Waals surface area contributed by atoms with Crippen LogP contribution in [-0.2, 0) is 0 Å². The molecule has 21 heavy (non-hydrogen) atoms. The lowest BCUT2D eigenvalue weighted by Gasteiger charge is -2.08. The minimum atomic E-state index is 0.744. The van der Waals surface area contributed by atoms with Crippen molar-refractivity contribution in [1.82, 2.24) is 5.32 Å². The van der Waals surface area contributed by atoms with Gasteiger partial charge in [0.05, 0.1) is 5.70 Å². The summed E-state index contributed by atoms with van der Waals surface area (Å²) < 4.78 is 0.